The first-order valence-corrected chi connectivity index (χ1v) is 22.3. The maximum atomic E-state index is 12.6. The van der Waals surface area contributed by atoms with E-state index in [-0.39, 0.29) is 18.5 Å². The molecule has 0 aliphatic carbocycles. The summed E-state index contributed by atoms with van der Waals surface area (Å²) in [5, 5.41) is 0. The summed E-state index contributed by atoms with van der Waals surface area (Å²) in [6, 6.07) is 5.98. The second kappa shape index (κ2) is 37.1. The molecule has 0 fully saturated rings. The van der Waals surface area contributed by atoms with Crippen molar-refractivity contribution >= 4 is 5.97 Å². The van der Waals surface area contributed by atoms with E-state index in [2.05, 4.69) is 62.5 Å². The van der Waals surface area contributed by atoms with Crippen molar-refractivity contribution in [2.24, 2.45) is 5.92 Å². The first-order chi connectivity index (χ1) is 26.5. The summed E-state index contributed by atoms with van der Waals surface area (Å²) in [5.41, 5.74) is 0.905. The van der Waals surface area contributed by atoms with Crippen LogP contribution in [0.4, 0.5) is 0 Å². The molecule has 1 rings (SSSR count). The average molecular weight is 750 g/mol. The van der Waals surface area contributed by atoms with Gasteiger partial charge in [-0.3, -0.25) is 4.79 Å². The molecule has 5 nitrogen and oxygen atoms in total. The molecule has 5 heteroatoms. The van der Waals surface area contributed by atoms with Gasteiger partial charge in [-0.25, -0.2) is 0 Å². The van der Waals surface area contributed by atoms with Crippen LogP contribution in [0.2, 0.25) is 0 Å². The highest BCUT2D eigenvalue weighted by molar-refractivity contribution is 5.72. The second-order valence-corrected chi connectivity index (χ2v) is 15.4. The molecular weight excluding hydrogens is 667 g/mol. The van der Waals surface area contributed by atoms with Gasteiger partial charge in [-0.1, -0.05) is 146 Å². The molecule has 0 aromatic heterocycles. The lowest BCUT2D eigenvalue weighted by molar-refractivity contribution is -0.149. The second-order valence-electron chi connectivity index (χ2n) is 15.4. The van der Waals surface area contributed by atoms with Crippen molar-refractivity contribution in [2.75, 3.05) is 33.9 Å². The number of benzene rings is 1. The molecule has 1 unspecified atom stereocenters. The van der Waals surface area contributed by atoms with Gasteiger partial charge in [-0.2, -0.15) is 0 Å². The number of allylic oxidation sites excluding steroid dienone is 8. The van der Waals surface area contributed by atoms with Crippen LogP contribution in [0.3, 0.4) is 0 Å². The van der Waals surface area contributed by atoms with Crippen LogP contribution in [0, 0.1) is 5.92 Å². The Morgan fingerprint density at radius 3 is 1.35 bits per heavy atom. The van der Waals surface area contributed by atoms with Crippen LogP contribution in [-0.4, -0.2) is 44.7 Å². The molecule has 0 radical (unpaired) electrons. The van der Waals surface area contributed by atoms with Gasteiger partial charge < -0.3 is 19.1 Å². The number of nitrogens with zero attached hydrogens (tertiary/aromatic N) is 1. The first kappa shape index (κ1) is 49.2. The van der Waals surface area contributed by atoms with E-state index in [1.807, 2.05) is 44.1 Å². The van der Waals surface area contributed by atoms with E-state index >= 15 is 0 Å². The van der Waals surface area contributed by atoms with Crippen molar-refractivity contribution in [3.05, 3.63) is 72.4 Å². The van der Waals surface area contributed by atoms with Crippen LogP contribution >= 0.6 is 0 Å². The van der Waals surface area contributed by atoms with E-state index in [1.54, 1.807) is 0 Å². The number of ether oxygens (including phenoxy) is 3. The molecule has 54 heavy (non-hydrogen) atoms. The van der Waals surface area contributed by atoms with Crippen LogP contribution < -0.4 is 9.47 Å². The molecule has 0 N–H and O–H groups in total. The highest BCUT2D eigenvalue weighted by Gasteiger charge is 2.16. The van der Waals surface area contributed by atoms with Gasteiger partial charge in [0.15, 0.2) is 0 Å². The summed E-state index contributed by atoms with van der Waals surface area (Å²) >= 11 is 0. The number of unbranched alkanes of at least 4 members (excludes halogenated alkanes) is 18. The first-order valence-electron chi connectivity index (χ1n) is 22.3. The lowest BCUT2D eigenvalue weighted by Crippen LogP contribution is -2.27. The standard InChI is InChI=1S/C49H83NO4/c1-6-8-10-12-14-16-18-20-22-24-26-28-30-32-34-36-38-52-47-40-46(44-54-49(51)45(3)43-50(4)5)41-48(42-47)53-39-37-35-33-31-29-27-25-23-21-19-17-15-13-11-9-7-2/h14-17,20-23,40-42,45H,6-13,18-19,24-39,43-44H2,1-5H3/b16-14-,17-15+,22-20-,23-21-. The molecule has 0 saturated heterocycles. The van der Waals surface area contributed by atoms with Crippen LogP contribution in [0.5, 0.6) is 11.5 Å². The molecule has 0 heterocycles. The fraction of sp³-hybridized carbons (Fsp3) is 0.694. The minimum atomic E-state index is -0.180. The van der Waals surface area contributed by atoms with Crippen molar-refractivity contribution in [1.29, 1.82) is 0 Å². The highest BCUT2D eigenvalue weighted by atomic mass is 16.5. The molecule has 0 bridgehead atoms. The number of hydrogen-bond donors (Lipinski definition) is 0. The van der Waals surface area contributed by atoms with Crippen LogP contribution in [0.15, 0.2) is 66.8 Å². The summed E-state index contributed by atoms with van der Waals surface area (Å²) in [5.74, 6) is 1.22. The van der Waals surface area contributed by atoms with Gasteiger partial charge in [-0.05, 0) is 109 Å². The molecule has 0 aliphatic heterocycles. The van der Waals surface area contributed by atoms with E-state index in [4.69, 9.17) is 14.2 Å². The Kier molecular flexibility index (Phi) is 33.9. The van der Waals surface area contributed by atoms with Gasteiger partial charge >= 0.3 is 5.97 Å². The molecule has 0 amide bonds. The molecule has 1 atom stereocenters. The third kappa shape index (κ3) is 31.5. The third-order valence-corrected chi connectivity index (χ3v) is 9.59. The van der Waals surface area contributed by atoms with E-state index in [1.165, 1.54) is 128 Å². The van der Waals surface area contributed by atoms with Crippen molar-refractivity contribution in [3.8, 4) is 11.5 Å². The lowest BCUT2D eigenvalue weighted by Gasteiger charge is -2.16. The van der Waals surface area contributed by atoms with Gasteiger partial charge in [-0.15, -0.1) is 0 Å². The van der Waals surface area contributed by atoms with Gasteiger partial charge in [0.05, 0.1) is 19.1 Å². The monoisotopic (exact) mass is 750 g/mol. The Labute approximate surface area is 334 Å². The van der Waals surface area contributed by atoms with E-state index in [0.717, 1.165) is 42.7 Å². The molecule has 0 aliphatic rings. The minimum Gasteiger partial charge on any atom is -0.493 e. The van der Waals surface area contributed by atoms with Crippen molar-refractivity contribution in [3.63, 3.8) is 0 Å². The predicted molar refractivity (Wildman–Crippen MR) is 234 cm³/mol. The average Bonchev–Trinajstić information content (AvgIpc) is 3.16. The Balaban J connectivity index is 2.35. The number of carbonyl (C=O) groups excluding carboxylic acids is 1. The van der Waals surface area contributed by atoms with Crippen molar-refractivity contribution < 1.29 is 19.0 Å². The van der Waals surface area contributed by atoms with Gasteiger partial charge in [0.2, 0.25) is 0 Å². The fourth-order valence-corrected chi connectivity index (χ4v) is 6.36. The lowest BCUT2D eigenvalue weighted by atomic mass is 10.1. The number of esters is 1. The molecule has 0 saturated carbocycles. The molecule has 308 valence electrons. The van der Waals surface area contributed by atoms with Crippen molar-refractivity contribution in [1.82, 2.24) is 4.90 Å². The number of carbonyl (C=O) groups is 1. The summed E-state index contributed by atoms with van der Waals surface area (Å²) in [6.07, 6.45) is 48.1. The zero-order chi connectivity index (χ0) is 39.2. The smallest absolute Gasteiger partial charge is 0.310 e. The Morgan fingerprint density at radius 1 is 0.556 bits per heavy atom. The van der Waals surface area contributed by atoms with Gasteiger partial charge in [0, 0.05) is 12.6 Å². The molecular formula is C49H83NO4. The van der Waals surface area contributed by atoms with E-state index in [9.17, 15) is 4.79 Å². The van der Waals surface area contributed by atoms with Crippen molar-refractivity contribution in [2.45, 2.75) is 181 Å². The predicted octanol–water partition coefficient (Wildman–Crippen LogP) is 14.3. The summed E-state index contributed by atoms with van der Waals surface area (Å²) in [6.45, 7) is 8.68. The minimum absolute atomic E-state index is 0.178. The summed E-state index contributed by atoms with van der Waals surface area (Å²) in [7, 11) is 3.94. The largest absolute Gasteiger partial charge is 0.493 e. The van der Waals surface area contributed by atoms with Crippen LogP contribution in [0.1, 0.15) is 180 Å². The molecule has 0 spiro atoms. The summed E-state index contributed by atoms with van der Waals surface area (Å²) in [4.78, 5) is 14.6. The third-order valence-electron chi connectivity index (χ3n) is 9.59. The maximum absolute atomic E-state index is 12.6. The fourth-order valence-electron chi connectivity index (χ4n) is 6.36. The van der Waals surface area contributed by atoms with Gasteiger partial charge in [0.25, 0.3) is 0 Å². The normalized spacial score (nSPS) is 12.6. The highest BCUT2D eigenvalue weighted by Crippen LogP contribution is 2.25. The van der Waals surface area contributed by atoms with E-state index < -0.39 is 0 Å². The molecule has 1 aromatic rings. The maximum Gasteiger partial charge on any atom is 0.310 e. The number of rotatable bonds is 37. The topological polar surface area (TPSA) is 48.0 Å². The van der Waals surface area contributed by atoms with Crippen LogP contribution in [-0.2, 0) is 16.1 Å². The molecule has 1 aromatic carbocycles. The van der Waals surface area contributed by atoms with Crippen LogP contribution in [0.25, 0.3) is 0 Å². The zero-order valence-electron chi connectivity index (χ0n) is 35.8. The summed E-state index contributed by atoms with van der Waals surface area (Å²) < 4.78 is 18.1. The SMILES string of the molecule is CCCCC/C=C\C/C=C\CCCCCCCCOc1cc(COC(=O)C(C)CN(C)C)cc(OCCCCCCCC/C=C\C/C=C/CCCCC)c1. The van der Waals surface area contributed by atoms with Gasteiger partial charge in [0.1, 0.15) is 18.1 Å². The Morgan fingerprint density at radius 2 is 0.944 bits per heavy atom. The number of hydrogen-bond acceptors (Lipinski definition) is 5. The zero-order valence-corrected chi connectivity index (χ0v) is 35.8. The Bertz CT molecular complexity index is 1050. The van der Waals surface area contributed by atoms with E-state index in [0.29, 0.717) is 19.8 Å². The quantitative estimate of drug-likeness (QED) is 0.0385. The Hall–Kier alpha value is -2.79.